The fourth-order valence-corrected chi connectivity index (χ4v) is 1.15. The van der Waals surface area contributed by atoms with Gasteiger partial charge in [0.15, 0.2) is 11.5 Å². The van der Waals surface area contributed by atoms with Crippen molar-refractivity contribution in [2.45, 2.75) is 6.61 Å². The van der Waals surface area contributed by atoms with E-state index in [2.05, 4.69) is 14.9 Å². The zero-order chi connectivity index (χ0) is 13.5. The second kappa shape index (κ2) is 6.38. The number of nitrogens with one attached hydrogen (secondary N) is 1. The van der Waals surface area contributed by atoms with Gasteiger partial charge in [-0.2, -0.15) is 8.78 Å². The Morgan fingerprint density at radius 2 is 2.11 bits per heavy atom. The van der Waals surface area contributed by atoms with Gasteiger partial charge in [-0.05, 0) is 18.2 Å². The molecule has 0 aliphatic rings. The summed E-state index contributed by atoms with van der Waals surface area (Å²) in [6.45, 7) is -2.91. The third-order valence-electron chi connectivity index (χ3n) is 1.83. The number of hydrazone groups is 1. The highest BCUT2D eigenvalue weighted by molar-refractivity contribution is 5.78. The number of nitrogens with zero attached hydrogens (tertiary/aromatic N) is 1. The fraction of sp³-hybridized carbons (Fsp3) is 0.200. The van der Waals surface area contributed by atoms with Crippen LogP contribution in [0.15, 0.2) is 23.3 Å². The van der Waals surface area contributed by atoms with E-state index in [4.69, 9.17) is 16.2 Å². The Morgan fingerprint density at radius 3 is 2.67 bits per heavy atom. The molecule has 1 aromatic carbocycles. The summed E-state index contributed by atoms with van der Waals surface area (Å²) in [4.78, 5) is 0. The number of nitrogens with two attached hydrogens (primary N) is 2. The number of rotatable bonds is 5. The van der Waals surface area contributed by atoms with Crippen LogP contribution in [0.4, 0.5) is 8.78 Å². The number of halogens is 2. The molecule has 0 aliphatic carbocycles. The van der Waals surface area contributed by atoms with Crippen molar-refractivity contribution in [2.75, 3.05) is 7.11 Å². The molecular formula is C10H13F2N4O2+. The summed E-state index contributed by atoms with van der Waals surface area (Å²) in [5.41, 5.74) is 10.8. The summed E-state index contributed by atoms with van der Waals surface area (Å²) in [5, 5.41) is 6.00. The van der Waals surface area contributed by atoms with Crippen LogP contribution in [0.5, 0.6) is 11.5 Å². The summed E-state index contributed by atoms with van der Waals surface area (Å²) in [5.74, 6) is -0.00194. The maximum atomic E-state index is 12.1. The Morgan fingerprint density at radius 1 is 1.39 bits per heavy atom. The summed E-state index contributed by atoms with van der Waals surface area (Å²) in [7, 11) is 1.35. The van der Waals surface area contributed by atoms with Gasteiger partial charge in [-0.15, -0.1) is 5.10 Å². The SMILES string of the molecule is COc1cc(/C=[NH+]/N=C(N)N)ccc1OC(F)F. The topological polar surface area (TPSA) is 96.8 Å². The maximum Gasteiger partial charge on any atom is 0.387 e. The third kappa shape index (κ3) is 4.24. The lowest BCUT2D eigenvalue weighted by Crippen LogP contribution is -2.63. The fourth-order valence-electron chi connectivity index (χ4n) is 1.15. The van der Waals surface area contributed by atoms with Gasteiger partial charge in [-0.1, -0.05) is 0 Å². The van der Waals surface area contributed by atoms with E-state index in [0.717, 1.165) is 0 Å². The van der Waals surface area contributed by atoms with E-state index in [0.29, 0.717) is 5.56 Å². The number of guanidine groups is 1. The summed E-state index contributed by atoms with van der Waals surface area (Å²) >= 11 is 0. The molecule has 0 aromatic heterocycles. The Kier molecular flexibility index (Phi) is 4.85. The highest BCUT2D eigenvalue weighted by Crippen LogP contribution is 2.28. The number of alkyl halides is 2. The van der Waals surface area contributed by atoms with Crippen LogP contribution in [-0.4, -0.2) is 25.9 Å². The van der Waals surface area contributed by atoms with Gasteiger partial charge in [-0.25, -0.2) is 0 Å². The van der Waals surface area contributed by atoms with Crippen LogP contribution in [0.2, 0.25) is 0 Å². The second-order valence-corrected chi connectivity index (χ2v) is 3.10. The number of ether oxygens (including phenoxy) is 2. The first-order valence-corrected chi connectivity index (χ1v) is 4.83. The summed E-state index contributed by atoms with van der Waals surface area (Å²) in [6, 6.07) is 4.39. The molecule has 8 heteroatoms. The van der Waals surface area contributed by atoms with Crippen LogP contribution in [0.25, 0.3) is 0 Å². The van der Waals surface area contributed by atoms with Crippen molar-refractivity contribution in [3.05, 3.63) is 23.8 Å². The van der Waals surface area contributed by atoms with Gasteiger partial charge in [0.2, 0.25) is 6.21 Å². The van der Waals surface area contributed by atoms with Crippen LogP contribution in [0.1, 0.15) is 5.56 Å². The van der Waals surface area contributed by atoms with E-state index in [9.17, 15) is 8.78 Å². The number of hydrogen-bond donors (Lipinski definition) is 3. The molecule has 0 spiro atoms. The van der Waals surface area contributed by atoms with E-state index >= 15 is 0 Å². The van der Waals surface area contributed by atoms with E-state index in [1.807, 2.05) is 0 Å². The Hall–Kier alpha value is -2.38. The van der Waals surface area contributed by atoms with Gasteiger partial charge in [0, 0.05) is 10.7 Å². The van der Waals surface area contributed by atoms with E-state index < -0.39 is 6.61 Å². The molecule has 5 N–H and O–H groups in total. The molecule has 1 rings (SSSR count). The van der Waals surface area contributed by atoms with Gasteiger partial charge < -0.3 is 20.9 Å². The van der Waals surface area contributed by atoms with E-state index in [-0.39, 0.29) is 17.5 Å². The van der Waals surface area contributed by atoms with Crippen LogP contribution in [0.3, 0.4) is 0 Å². The van der Waals surface area contributed by atoms with Crippen LogP contribution in [0, 0.1) is 0 Å². The van der Waals surface area contributed by atoms with Crippen molar-refractivity contribution in [2.24, 2.45) is 16.6 Å². The lowest BCUT2D eigenvalue weighted by molar-refractivity contribution is -0.456. The van der Waals surface area contributed by atoms with Crippen molar-refractivity contribution in [3.63, 3.8) is 0 Å². The zero-order valence-electron chi connectivity index (χ0n) is 9.56. The van der Waals surface area contributed by atoms with Crippen LogP contribution in [-0.2, 0) is 0 Å². The van der Waals surface area contributed by atoms with E-state index in [1.54, 1.807) is 0 Å². The average molecular weight is 259 g/mol. The van der Waals surface area contributed by atoms with Crippen molar-refractivity contribution < 1.29 is 23.4 Å². The standard InChI is InChI=1S/C10H12F2N4O2/c1-17-8-4-6(5-15-16-10(13)14)2-3-7(8)18-9(11)12/h2-5,9H,1H3,(H4,13,14,16)/p+1/b15-5+. The number of methoxy groups -OCH3 is 1. The molecular weight excluding hydrogens is 246 g/mol. The molecule has 98 valence electrons. The molecule has 18 heavy (non-hydrogen) atoms. The Balaban J connectivity index is 2.91. The van der Waals surface area contributed by atoms with Gasteiger partial charge in [0.05, 0.1) is 7.11 Å². The quantitative estimate of drug-likeness (QED) is 0.358. The van der Waals surface area contributed by atoms with Crippen molar-refractivity contribution in [1.82, 2.24) is 0 Å². The van der Waals surface area contributed by atoms with Crippen molar-refractivity contribution in [3.8, 4) is 11.5 Å². The normalized spacial score (nSPS) is 10.7. The maximum absolute atomic E-state index is 12.1. The van der Waals surface area contributed by atoms with Gasteiger partial charge in [-0.3, -0.25) is 0 Å². The Labute approximate surface area is 102 Å². The van der Waals surface area contributed by atoms with E-state index in [1.165, 1.54) is 31.5 Å². The molecule has 1 aromatic rings. The first-order valence-electron chi connectivity index (χ1n) is 4.83. The largest absolute Gasteiger partial charge is 0.493 e. The molecule has 0 radical (unpaired) electrons. The summed E-state index contributed by atoms with van der Waals surface area (Å²) < 4.78 is 33.4. The molecule has 0 heterocycles. The van der Waals surface area contributed by atoms with Crippen molar-refractivity contribution in [1.29, 1.82) is 0 Å². The predicted molar refractivity (Wildman–Crippen MR) is 61.6 cm³/mol. The van der Waals surface area contributed by atoms with Gasteiger partial charge in [0.1, 0.15) is 0 Å². The highest BCUT2D eigenvalue weighted by Gasteiger charge is 2.10. The molecule has 0 unspecified atom stereocenters. The first kappa shape index (κ1) is 13.7. The molecule has 0 saturated heterocycles. The molecule has 0 amide bonds. The lowest BCUT2D eigenvalue weighted by Gasteiger charge is -2.09. The van der Waals surface area contributed by atoms with Crippen LogP contribution < -0.4 is 26.0 Å². The smallest absolute Gasteiger partial charge is 0.387 e. The minimum Gasteiger partial charge on any atom is -0.493 e. The van der Waals surface area contributed by atoms with Gasteiger partial charge in [0.25, 0.3) is 5.96 Å². The van der Waals surface area contributed by atoms with Gasteiger partial charge >= 0.3 is 6.61 Å². The molecule has 0 bridgehead atoms. The Bertz CT molecular complexity index is 459. The molecule has 0 atom stereocenters. The average Bonchev–Trinajstić information content (AvgIpc) is 2.29. The highest BCUT2D eigenvalue weighted by atomic mass is 19.3. The molecule has 0 aliphatic heterocycles. The number of hydrogen-bond acceptors (Lipinski definition) is 3. The predicted octanol–water partition coefficient (Wildman–Crippen LogP) is -1.02. The monoisotopic (exact) mass is 259 g/mol. The molecule has 0 fully saturated rings. The minimum atomic E-state index is -2.91. The molecule has 0 saturated carbocycles. The zero-order valence-corrected chi connectivity index (χ0v) is 9.56. The first-order chi connectivity index (χ1) is 8.52. The third-order valence-corrected chi connectivity index (χ3v) is 1.83. The van der Waals surface area contributed by atoms with Crippen molar-refractivity contribution >= 4 is 12.2 Å². The number of benzene rings is 1. The minimum absolute atomic E-state index is 0.0495. The van der Waals surface area contributed by atoms with Crippen LogP contribution >= 0.6 is 0 Å². The lowest BCUT2D eigenvalue weighted by atomic mass is 10.2. The summed E-state index contributed by atoms with van der Waals surface area (Å²) in [6.07, 6.45) is 1.47. The second-order valence-electron chi connectivity index (χ2n) is 3.10. The molecule has 6 nitrogen and oxygen atoms in total.